The van der Waals surface area contributed by atoms with Gasteiger partial charge < -0.3 is 9.05 Å². The van der Waals surface area contributed by atoms with Gasteiger partial charge in [0.15, 0.2) is 0 Å². The Balaban J connectivity index is 2.18. The lowest BCUT2D eigenvalue weighted by molar-refractivity contribution is 0.221. The summed E-state index contributed by atoms with van der Waals surface area (Å²) < 4.78 is 52.1. The largest absolute Gasteiger partial charge is 0.350 e. The van der Waals surface area contributed by atoms with Gasteiger partial charge >= 0.3 is 7.60 Å². The topological polar surface area (TPSA) is 85.8 Å². The zero-order valence-electron chi connectivity index (χ0n) is 16.9. The molecule has 0 amide bonds. The van der Waals surface area contributed by atoms with Crippen LogP contribution in [0.5, 0.6) is 0 Å². The van der Waals surface area contributed by atoms with Gasteiger partial charge in [0.1, 0.15) is 6.29 Å². The molecule has 2 aromatic carbocycles. The summed E-state index contributed by atoms with van der Waals surface area (Å²) in [7, 11) is -8.03. The molecule has 1 aromatic heterocycles. The first-order valence-electron chi connectivity index (χ1n) is 9.40. The van der Waals surface area contributed by atoms with E-state index < -0.39 is 23.9 Å². The quantitative estimate of drug-likeness (QED) is 0.335. The lowest BCUT2D eigenvalue weighted by Crippen LogP contribution is -2.33. The number of aromatic nitrogens is 1. The third-order valence-corrected chi connectivity index (χ3v) is 8.55. The van der Waals surface area contributed by atoms with Gasteiger partial charge in [0, 0.05) is 15.4 Å². The summed E-state index contributed by atoms with van der Waals surface area (Å²) in [5.74, 6) is 0. The average Bonchev–Trinajstić information content (AvgIpc) is 2.71. The van der Waals surface area contributed by atoms with Gasteiger partial charge in [-0.1, -0.05) is 41.4 Å². The molecule has 3 rings (SSSR count). The van der Waals surface area contributed by atoms with Crippen molar-refractivity contribution in [2.24, 2.45) is 0 Å². The Hall–Kier alpha value is -1.67. The molecule has 0 atom stereocenters. The van der Waals surface area contributed by atoms with Crippen molar-refractivity contribution in [1.29, 1.82) is 0 Å². The maximum atomic E-state index is 13.6. The van der Waals surface area contributed by atoms with Gasteiger partial charge in [-0.2, -0.15) is 0 Å². The summed E-state index contributed by atoms with van der Waals surface area (Å²) in [6, 6.07) is 12.9. The average molecular weight is 503 g/mol. The van der Waals surface area contributed by atoms with Gasteiger partial charge in [0.05, 0.1) is 35.5 Å². The number of halogens is 2. The van der Waals surface area contributed by atoms with Crippen molar-refractivity contribution < 1.29 is 22.0 Å². The fraction of sp³-hybridized carbons (Fsp3) is 0.250. The standard InChI is InChI=1S/C20H21Cl2N2O5PS/c1-3-28-30(25,29-4-2)14-24(18-9-15-7-5-6-8-20(15)23-13-18)31(26,27)19-11-16(21)10-17(22)12-19/h5-13H,3-4,14H2,1-2H3. The number of anilines is 1. The Morgan fingerprint density at radius 1 is 1.00 bits per heavy atom. The molecule has 0 aliphatic rings. The fourth-order valence-corrected chi connectivity index (χ4v) is 7.34. The fourth-order valence-electron chi connectivity index (χ4n) is 2.97. The molecule has 0 aliphatic heterocycles. The predicted octanol–water partition coefficient (Wildman–Crippen LogP) is 5.96. The van der Waals surface area contributed by atoms with Crippen LogP contribution in [0.25, 0.3) is 10.9 Å². The molecule has 3 aromatic rings. The first-order valence-corrected chi connectivity index (χ1v) is 13.3. The lowest BCUT2D eigenvalue weighted by atomic mass is 10.2. The van der Waals surface area contributed by atoms with Gasteiger partial charge in [-0.25, -0.2) is 8.42 Å². The van der Waals surface area contributed by atoms with Gasteiger partial charge in [-0.15, -0.1) is 0 Å². The van der Waals surface area contributed by atoms with E-state index in [0.29, 0.717) is 10.9 Å². The van der Waals surface area contributed by atoms with Crippen LogP contribution in [0.4, 0.5) is 5.69 Å². The number of sulfonamides is 1. The van der Waals surface area contributed by atoms with Crippen LogP contribution in [0.15, 0.2) is 59.6 Å². The van der Waals surface area contributed by atoms with Crippen molar-refractivity contribution in [3.05, 3.63) is 64.8 Å². The Morgan fingerprint density at radius 2 is 1.61 bits per heavy atom. The molecule has 1 heterocycles. The highest BCUT2D eigenvalue weighted by Gasteiger charge is 2.35. The summed E-state index contributed by atoms with van der Waals surface area (Å²) in [4.78, 5) is 4.18. The molecule has 0 fully saturated rings. The molecule has 0 radical (unpaired) electrons. The van der Waals surface area contributed by atoms with E-state index in [1.54, 1.807) is 32.0 Å². The number of nitrogens with zero attached hydrogens (tertiary/aromatic N) is 2. The maximum Gasteiger partial charge on any atom is 0.350 e. The number of pyridine rings is 1. The molecule has 0 unspecified atom stereocenters. The van der Waals surface area contributed by atoms with E-state index in [2.05, 4.69) is 4.98 Å². The van der Waals surface area contributed by atoms with Gasteiger partial charge in [-0.3, -0.25) is 13.9 Å². The van der Waals surface area contributed by atoms with E-state index >= 15 is 0 Å². The molecule has 0 saturated heterocycles. The van der Waals surface area contributed by atoms with E-state index in [1.807, 2.05) is 12.1 Å². The van der Waals surface area contributed by atoms with Gasteiger partial charge in [0.2, 0.25) is 0 Å². The van der Waals surface area contributed by atoms with Crippen molar-refractivity contribution >= 4 is 57.4 Å². The van der Waals surface area contributed by atoms with Crippen molar-refractivity contribution in [3.8, 4) is 0 Å². The number of rotatable bonds is 9. The monoisotopic (exact) mass is 502 g/mol. The van der Waals surface area contributed by atoms with E-state index in [1.165, 1.54) is 24.4 Å². The Morgan fingerprint density at radius 3 is 2.23 bits per heavy atom. The zero-order chi connectivity index (χ0) is 22.6. The maximum absolute atomic E-state index is 13.6. The van der Waals surface area contributed by atoms with Crippen molar-refractivity contribution in [3.63, 3.8) is 0 Å². The van der Waals surface area contributed by atoms with Crippen LogP contribution in [0.1, 0.15) is 13.8 Å². The van der Waals surface area contributed by atoms with Crippen LogP contribution in [0.3, 0.4) is 0 Å². The van der Waals surface area contributed by atoms with Gasteiger partial charge in [-0.05, 0) is 44.2 Å². The van der Waals surface area contributed by atoms with Gasteiger partial charge in [0.25, 0.3) is 10.0 Å². The second kappa shape index (κ2) is 9.86. The minimum absolute atomic E-state index is 0.0874. The van der Waals surface area contributed by atoms with Crippen LogP contribution in [-0.4, -0.2) is 32.9 Å². The normalized spacial score (nSPS) is 12.3. The summed E-state index contributed by atoms with van der Waals surface area (Å²) >= 11 is 12.1. The van der Waals surface area contributed by atoms with E-state index in [0.717, 1.165) is 4.31 Å². The summed E-state index contributed by atoms with van der Waals surface area (Å²) in [6.45, 7) is 3.48. The lowest BCUT2D eigenvalue weighted by Gasteiger charge is -2.28. The number of hydrogen-bond donors (Lipinski definition) is 0. The van der Waals surface area contributed by atoms with Crippen molar-refractivity contribution in [2.75, 3.05) is 23.8 Å². The second-order valence-electron chi connectivity index (χ2n) is 6.43. The molecule has 0 bridgehead atoms. The smallest absolute Gasteiger partial charge is 0.308 e. The van der Waals surface area contributed by atoms with Crippen molar-refractivity contribution in [2.45, 2.75) is 18.7 Å². The Bertz CT molecular complexity index is 1210. The first kappa shape index (κ1) is 24.0. The number of fused-ring (bicyclic) bond motifs is 1. The SMILES string of the molecule is CCOP(=O)(CN(c1cnc2ccccc2c1)S(=O)(=O)c1cc(Cl)cc(Cl)c1)OCC. The number of benzene rings is 2. The van der Waals surface area contributed by atoms with Crippen LogP contribution >= 0.6 is 30.8 Å². The molecular formula is C20H21Cl2N2O5PS. The van der Waals surface area contributed by atoms with E-state index in [9.17, 15) is 13.0 Å². The molecule has 166 valence electrons. The highest BCUT2D eigenvalue weighted by atomic mass is 35.5. The highest BCUT2D eigenvalue weighted by Crippen LogP contribution is 2.50. The third kappa shape index (κ3) is 5.58. The summed E-state index contributed by atoms with van der Waals surface area (Å²) in [5.41, 5.74) is 0.890. The zero-order valence-corrected chi connectivity index (χ0v) is 20.1. The molecular weight excluding hydrogens is 482 g/mol. The first-order chi connectivity index (χ1) is 14.7. The molecule has 0 saturated carbocycles. The Kier molecular flexibility index (Phi) is 7.63. The number of hydrogen-bond acceptors (Lipinski definition) is 6. The van der Waals surface area contributed by atoms with E-state index in [4.69, 9.17) is 32.2 Å². The summed E-state index contributed by atoms with van der Waals surface area (Å²) in [5, 5.41) is 1.02. The van der Waals surface area contributed by atoms with Crippen LogP contribution in [0.2, 0.25) is 10.0 Å². The molecule has 31 heavy (non-hydrogen) atoms. The highest BCUT2D eigenvalue weighted by molar-refractivity contribution is 7.93. The minimum Gasteiger partial charge on any atom is -0.308 e. The molecule has 0 N–H and O–H groups in total. The van der Waals surface area contributed by atoms with Crippen LogP contribution in [0, 0.1) is 0 Å². The third-order valence-electron chi connectivity index (χ3n) is 4.24. The summed E-state index contributed by atoms with van der Waals surface area (Å²) in [6.07, 6.45) is 0.857. The molecule has 7 nitrogen and oxygen atoms in total. The number of para-hydroxylation sites is 1. The second-order valence-corrected chi connectivity index (χ2v) is 11.2. The van der Waals surface area contributed by atoms with Crippen molar-refractivity contribution in [1.82, 2.24) is 4.98 Å². The van der Waals surface area contributed by atoms with Crippen LogP contribution < -0.4 is 4.31 Å². The molecule has 0 aliphatic carbocycles. The minimum atomic E-state index is -4.25. The predicted molar refractivity (Wildman–Crippen MR) is 124 cm³/mol. The van der Waals surface area contributed by atoms with E-state index in [-0.39, 0.29) is 33.8 Å². The van der Waals surface area contributed by atoms with Crippen LogP contribution in [-0.2, 0) is 23.6 Å². The molecule has 0 spiro atoms. The molecule has 11 heteroatoms. The Labute approximate surface area is 191 Å².